The maximum Gasteiger partial charge on any atom is 0.254 e. The standard InChI is InChI=1S/C28H30Cl2F3N5O3/c29-17-1-2-18(32)21(22(17)30)23(27-3-5-28(33,13-27)6-4-27)37-24(40)14-7-19(20(39)8-14)36-25(41)15-9-34-26(35-10-15)38-11-16(31)12-38/h1-2,9-10,14,16,19-20,23,39H,3-8,11-13H2,(H,36,41)(H,37,40)/t14-,19-,20+,23+,27?,28?/m0/s1. The summed E-state index contributed by atoms with van der Waals surface area (Å²) in [4.78, 5) is 36.3. The molecule has 1 aliphatic heterocycles. The molecular formula is C28H30Cl2F3N5O3. The Morgan fingerprint density at radius 2 is 1.78 bits per heavy atom. The van der Waals surface area contributed by atoms with Crippen LogP contribution in [0.15, 0.2) is 24.5 Å². The monoisotopic (exact) mass is 611 g/mol. The zero-order valence-electron chi connectivity index (χ0n) is 22.1. The second-order valence-corrected chi connectivity index (χ2v) is 12.8. The normalized spacial score (nSPS) is 31.7. The molecule has 0 unspecified atom stereocenters. The van der Waals surface area contributed by atoms with Crippen LogP contribution in [-0.2, 0) is 4.79 Å². The van der Waals surface area contributed by atoms with E-state index in [0.717, 1.165) is 0 Å². The lowest BCUT2D eigenvalue weighted by Gasteiger charge is -2.38. The molecule has 4 aliphatic rings. The van der Waals surface area contributed by atoms with Crippen molar-refractivity contribution in [3.05, 3.63) is 51.5 Å². The number of halogens is 5. The van der Waals surface area contributed by atoms with Crippen molar-refractivity contribution in [1.82, 2.24) is 20.6 Å². The van der Waals surface area contributed by atoms with Crippen LogP contribution in [0.2, 0.25) is 10.0 Å². The van der Waals surface area contributed by atoms with E-state index in [-0.39, 0.29) is 53.5 Å². The van der Waals surface area contributed by atoms with Crippen LogP contribution in [0.1, 0.15) is 66.9 Å². The first kappa shape index (κ1) is 28.5. The number of alkyl halides is 2. The zero-order chi connectivity index (χ0) is 29.1. The van der Waals surface area contributed by atoms with E-state index < -0.39 is 59.0 Å². The topological polar surface area (TPSA) is 107 Å². The van der Waals surface area contributed by atoms with Gasteiger partial charge in [-0.1, -0.05) is 23.2 Å². The van der Waals surface area contributed by atoms with Crippen molar-refractivity contribution in [3.8, 4) is 0 Å². The maximum absolute atomic E-state index is 15.2. The van der Waals surface area contributed by atoms with E-state index in [1.54, 1.807) is 4.90 Å². The lowest BCUT2D eigenvalue weighted by molar-refractivity contribution is -0.127. The molecule has 3 saturated carbocycles. The first-order valence-electron chi connectivity index (χ1n) is 13.8. The molecule has 3 N–H and O–H groups in total. The third-order valence-electron chi connectivity index (χ3n) is 9.31. The van der Waals surface area contributed by atoms with Crippen LogP contribution in [0.3, 0.4) is 0 Å². The van der Waals surface area contributed by atoms with E-state index in [1.165, 1.54) is 24.5 Å². The number of aliphatic hydroxyl groups excluding tert-OH is 1. The number of hydrogen-bond donors (Lipinski definition) is 3. The fourth-order valence-corrected chi connectivity index (χ4v) is 7.42. The summed E-state index contributed by atoms with van der Waals surface area (Å²) < 4.78 is 43.5. The molecule has 2 heterocycles. The summed E-state index contributed by atoms with van der Waals surface area (Å²) in [5.74, 6) is -1.95. The van der Waals surface area contributed by atoms with Crippen molar-refractivity contribution in [2.24, 2.45) is 11.3 Å². The summed E-state index contributed by atoms with van der Waals surface area (Å²) >= 11 is 12.7. The van der Waals surface area contributed by atoms with E-state index in [9.17, 15) is 19.1 Å². The largest absolute Gasteiger partial charge is 0.391 e. The molecular weight excluding hydrogens is 582 g/mol. The van der Waals surface area contributed by atoms with E-state index in [4.69, 9.17) is 23.2 Å². The summed E-state index contributed by atoms with van der Waals surface area (Å²) in [5, 5.41) is 16.5. The van der Waals surface area contributed by atoms with E-state index in [2.05, 4.69) is 20.6 Å². The Morgan fingerprint density at radius 3 is 2.39 bits per heavy atom. The first-order chi connectivity index (χ1) is 19.5. The third-order valence-corrected chi connectivity index (χ3v) is 10.1. The number of fused-ring (bicyclic) bond motifs is 2. The first-order valence-corrected chi connectivity index (χ1v) is 14.6. The summed E-state index contributed by atoms with van der Waals surface area (Å²) in [5.41, 5.74) is -1.85. The highest BCUT2D eigenvalue weighted by Crippen LogP contribution is 2.64. The fraction of sp³-hybridized carbons (Fsp3) is 0.571. The molecule has 4 atom stereocenters. The van der Waals surface area contributed by atoms with Gasteiger partial charge in [0, 0.05) is 23.9 Å². The number of carbonyl (C=O) groups is 2. The summed E-state index contributed by atoms with van der Waals surface area (Å²) in [7, 11) is 0. The van der Waals surface area contributed by atoms with Gasteiger partial charge in [0.05, 0.1) is 46.9 Å². The van der Waals surface area contributed by atoms with Crippen molar-refractivity contribution in [1.29, 1.82) is 0 Å². The Hall–Kier alpha value is -2.63. The SMILES string of the molecule is O=C(N[C@H]1C[C@H](C(=O)N[C@H](c2c(F)ccc(Cl)c2Cl)C23CCC(F)(CC2)C3)C[C@H]1O)c1cnc(N2CC(F)C2)nc1. The van der Waals surface area contributed by atoms with E-state index in [0.29, 0.717) is 31.6 Å². The number of hydrogen-bond acceptors (Lipinski definition) is 6. The van der Waals surface area contributed by atoms with Crippen LogP contribution in [0.25, 0.3) is 0 Å². The number of nitrogens with zero attached hydrogens (tertiary/aromatic N) is 3. The van der Waals surface area contributed by atoms with Gasteiger partial charge in [-0.15, -0.1) is 0 Å². The summed E-state index contributed by atoms with van der Waals surface area (Å²) in [6.07, 6.45) is 2.73. The van der Waals surface area contributed by atoms with Gasteiger partial charge in [-0.05, 0) is 62.5 Å². The van der Waals surface area contributed by atoms with Crippen molar-refractivity contribution in [2.75, 3.05) is 18.0 Å². The molecule has 220 valence electrons. The van der Waals surface area contributed by atoms with Gasteiger partial charge in [-0.25, -0.2) is 23.1 Å². The average molecular weight is 612 g/mol. The van der Waals surface area contributed by atoms with Crippen LogP contribution in [0.4, 0.5) is 19.1 Å². The Bertz CT molecular complexity index is 1350. The van der Waals surface area contributed by atoms with Crippen molar-refractivity contribution in [3.63, 3.8) is 0 Å². The minimum absolute atomic E-state index is 0.0157. The molecule has 8 nitrogen and oxygen atoms in total. The maximum atomic E-state index is 15.2. The average Bonchev–Trinajstić information content (AvgIpc) is 3.59. The minimum atomic E-state index is -1.35. The van der Waals surface area contributed by atoms with E-state index in [1.807, 2.05) is 0 Å². The van der Waals surface area contributed by atoms with Crippen LogP contribution < -0.4 is 15.5 Å². The van der Waals surface area contributed by atoms with Crippen LogP contribution in [0.5, 0.6) is 0 Å². The van der Waals surface area contributed by atoms with Gasteiger partial charge in [0.25, 0.3) is 5.91 Å². The van der Waals surface area contributed by atoms with Gasteiger partial charge in [0.2, 0.25) is 11.9 Å². The second kappa shape index (κ2) is 10.6. The molecule has 4 fully saturated rings. The Balaban J connectivity index is 1.15. The molecule has 41 heavy (non-hydrogen) atoms. The van der Waals surface area contributed by atoms with Gasteiger partial charge in [0.15, 0.2) is 0 Å². The Morgan fingerprint density at radius 1 is 1.10 bits per heavy atom. The number of rotatable bonds is 7. The number of carbonyl (C=O) groups excluding carboxylic acids is 2. The lowest BCUT2D eigenvalue weighted by atomic mass is 9.74. The lowest BCUT2D eigenvalue weighted by Crippen LogP contribution is -2.49. The second-order valence-electron chi connectivity index (χ2n) is 12.0. The third kappa shape index (κ3) is 5.25. The Labute approximate surface area is 245 Å². The highest BCUT2D eigenvalue weighted by Gasteiger charge is 2.59. The molecule has 2 bridgehead atoms. The van der Waals surface area contributed by atoms with Crippen LogP contribution in [0, 0.1) is 17.2 Å². The van der Waals surface area contributed by atoms with Gasteiger partial charge in [0.1, 0.15) is 17.7 Å². The summed E-state index contributed by atoms with van der Waals surface area (Å²) in [6, 6.07) is 0.905. The fourth-order valence-electron chi connectivity index (χ4n) is 7.00. The number of amides is 2. The zero-order valence-corrected chi connectivity index (χ0v) is 23.6. The van der Waals surface area contributed by atoms with Crippen molar-refractivity contribution in [2.45, 2.75) is 75.0 Å². The van der Waals surface area contributed by atoms with E-state index >= 15 is 8.78 Å². The number of anilines is 1. The van der Waals surface area contributed by atoms with Gasteiger partial charge < -0.3 is 20.6 Å². The molecule has 6 rings (SSSR count). The van der Waals surface area contributed by atoms with Crippen LogP contribution in [-0.4, -0.2) is 64.0 Å². The van der Waals surface area contributed by atoms with Crippen molar-refractivity contribution < 1.29 is 27.9 Å². The smallest absolute Gasteiger partial charge is 0.254 e. The number of benzene rings is 1. The molecule has 1 aromatic heterocycles. The molecule has 0 radical (unpaired) electrons. The summed E-state index contributed by atoms with van der Waals surface area (Å²) in [6.45, 7) is 0.409. The molecule has 13 heteroatoms. The quantitative estimate of drug-likeness (QED) is 0.399. The highest BCUT2D eigenvalue weighted by atomic mass is 35.5. The minimum Gasteiger partial charge on any atom is -0.391 e. The molecule has 3 aliphatic carbocycles. The molecule has 1 aromatic carbocycles. The molecule has 2 amide bonds. The number of aromatic nitrogens is 2. The highest BCUT2D eigenvalue weighted by molar-refractivity contribution is 6.42. The molecule has 2 aromatic rings. The number of aliphatic hydroxyl groups is 1. The Kier molecular flexibility index (Phi) is 7.35. The van der Waals surface area contributed by atoms with Gasteiger partial charge in [-0.3, -0.25) is 9.59 Å². The predicted molar refractivity (Wildman–Crippen MR) is 146 cm³/mol. The predicted octanol–water partition coefficient (Wildman–Crippen LogP) is 4.48. The molecule has 0 spiro atoms. The van der Waals surface area contributed by atoms with Gasteiger partial charge in [-0.2, -0.15) is 0 Å². The number of nitrogens with one attached hydrogen (secondary N) is 2. The molecule has 1 saturated heterocycles. The van der Waals surface area contributed by atoms with Gasteiger partial charge >= 0.3 is 0 Å². The van der Waals surface area contributed by atoms with Crippen molar-refractivity contribution >= 4 is 41.0 Å². The van der Waals surface area contributed by atoms with Crippen LogP contribution >= 0.6 is 23.2 Å².